The van der Waals surface area contributed by atoms with Gasteiger partial charge in [-0.1, -0.05) is 44.5 Å². The van der Waals surface area contributed by atoms with Gasteiger partial charge in [0.2, 0.25) is 5.91 Å². The van der Waals surface area contributed by atoms with E-state index in [9.17, 15) is 13.2 Å². The maximum atomic E-state index is 13.4. The van der Waals surface area contributed by atoms with Gasteiger partial charge in [0.25, 0.3) is 10.0 Å². The van der Waals surface area contributed by atoms with E-state index in [0.29, 0.717) is 12.2 Å². The molecule has 0 atom stereocenters. The van der Waals surface area contributed by atoms with Crippen molar-refractivity contribution >= 4 is 33.4 Å². The van der Waals surface area contributed by atoms with Crippen LogP contribution >= 0.6 is 11.8 Å². The first-order valence-electron chi connectivity index (χ1n) is 9.97. The highest BCUT2D eigenvalue weighted by atomic mass is 32.2. The van der Waals surface area contributed by atoms with Crippen LogP contribution < -0.4 is 9.62 Å². The van der Waals surface area contributed by atoms with Crippen LogP contribution in [0.15, 0.2) is 47.4 Å². The molecule has 2 aromatic rings. The van der Waals surface area contributed by atoms with Crippen LogP contribution in [0.3, 0.4) is 0 Å². The van der Waals surface area contributed by atoms with Crippen LogP contribution in [0, 0.1) is 20.8 Å². The molecule has 2 rings (SSSR count). The fourth-order valence-electron chi connectivity index (χ4n) is 2.98. The fourth-order valence-corrected chi connectivity index (χ4v) is 5.20. The number of nitrogens with one attached hydrogen (secondary N) is 1. The Morgan fingerprint density at radius 2 is 1.53 bits per heavy atom. The third kappa shape index (κ3) is 7.06. The molecule has 1 N–H and O–H groups in total. The van der Waals surface area contributed by atoms with E-state index in [2.05, 4.69) is 26.1 Å². The molecule has 164 valence electrons. The van der Waals surface area contributed by atoms with Gasteiger partial charge in [-0.2, -0.15) is 11.8 Å². The number of rotatable bonds is 8. The van der Waals surface area contributed by atoms with E-state index in [1.807, 2.05) is 26.8 Å². The summed E-state index contributed by atoms with van der Waals surface area (Å²) in [6.45, 7) is 12.3. The highest BCUT2D eigenvalue weighted by Gasteiger charge is 2.27. The van der Waals surface area contributed by atoms with Crippen molar-refractivity contribution in [1.29, 1.82) is 0 Å². The van der Waals surface area contributed by atoms with E-state index < -0.39 is 10.0 Å². The van der Waals surface area contributed by atoms with Crippen LogP contribution in [0.4, 0.5) is 5.69 Å². The van der Waals surface area contributed by atoms with Crippen LogP contribution in [0.2, 0.25) is 0 Å². The molecule has 0 spiro atoms. The first-order valence-corrected chi connectivity index (χ1v) is 12.4. The van der Waals surface area contributed by atoms with Crippen LogP contribution in [0.1, 0.15) is 37.5 Å². The van der Waals surface area contributed by atoms with Crippen LogP contribution in [0.5, 0.6) is 0 Å². The minimum absolute atomic E-state index is 0.116. The van der Waals surface area contributed by atoms with E-state index in [0.717, 1.165) is 22.4 Å². The Labute approximate surface area is 185 Å². The molecule has 0 aromatic heterocycles. The summed E-state index contributed by atoms with van der Waals surface area (Å²) in [5.41, 5.74) is 3.35. The number of aryl methyl sites for hydroxylation is 3. The Morgan fingerprint density at radius 1 is 0.967 bits per heavy atom. The summed E-state index contributed by atoms with van der Waals surface area (Å²) < 4.78 is 28.1. The number of nitrogens with zero attached hydrogens (tertiary/aromatic N) is 1. The molecule has 0 saturated carbocycles. The summed E-state index contributed by atoms with van der Waals surface area (Å²) in [4.78, 5) is 12.8. The lowest BCUT2D eigenvalue weighted by atomic mass is 10.1. The molecule has 7 heteroatoms. The predicted molar refractivity (Wildman–Crippen MR) is 127 cm³/mol. The largest absolute Gasteiger partial charge is 0.354 e. The quantitative estimate of drug-likeness (QED) is 0.606. The Morgan fingerprint density at radius 3 is 2.07 bits per heavy atom. The number of hydrogen-bond acceptors (Lipinski definition) is 4. The Hall–Kier alpha value is -1.99. The first kappa shape index (κ1) is 24.3. The Balaban J connectivity index is 2.28. The third-order valence-corrected chi connectivity index (χ3v) is 7.41. The molecule has 0 radical (unpaired) electrons. The summed E-state index contributed by atoms with van der Waals surface area (Å²) in [7, 11) is -3.89. The van der Waals surface area contributed by atoms with E-state index in [1.165, 1.54) is 4.31 Å². The van der Waals surface area contributed by atoms with Gasteiger partial charge >= 0.3 is 0 Å². The SMILES string of the molecule is Cc1ccc(S(=O)(=O)N(CC(=O)NCCSC(C)(C)C)c2cc(C)cc(C)c2)cc1. The van der Waals surface area contributed by atoms with Crippen molar-refractivity contribution in [3.63, 3.8) is 0 Å². The molecule has 0 aliphatic carbocycles. The zero-order valence-corrected chi connectivity index (χ0v) is 20.3. The molecule has 0 fully saturated rings. The number of anilines is 1. The minimum Gasteiger partial charge on any atom is -0.354 e. The number of sulfonamides is 1. The zero-order valence-electron chi connectivity index (χ0n) is 18.7. The molecule has 2 aromatic carbocycles. The summed E-state index contributed by atoms with van der Waals surface area (Å²) >= 11 is 1.75. The topological polar surface area (TPSA) is 66.5 Å². The van der Waals surface area contributed by atoms with Gasteiger partial charge in [0, 0.05) is 17.0 Å². The lowest BCUT2D eigenvalue weighted by molar-refractivity contribution is -0.119. The summed E-state index contributed by atoms with van der Waals surface area (Å²) in [6, 6.07) is 12.2. The number of carbonyl (C=O) groups excluding carboxylic acids is 1. The van der Waals surface area contributed by atoms with E-state index >= 15 is 0 Å². The average molecular weight is 449 g/mol. The standard InChI is InChI=1S/C23H32N2O3S2/c1-17-7-9-21(10-8-17)30(27,28)25(20-14-18(2)13-19(3)15-20)16-22(26)24-11-12-29-23(4,5)6/h7-10,13-15H,11-12,16H2,1-6H3,(H,24,26). The fraction of sp³-hybridized carbons (Fsp3) is 0.435. The number of benzene rings is 2. The van der Waals surface area contributed by atoms with E-state index in [1.54, 1.807) is 48.2 Å². The maximum absolute atomic E-state index is 13.4. The highest BCUT2D eigenvalue weighted by molar-refractivity contribution is 8.00. The van der Waals surface area contributed by atoms with Crippen molar-refractivity contribution in [3.8, 4) is 0 Å². The molecule has 0 aliphatic rings. The third-order valence-electron chi connectivity index (χ3n) is 4.35. The molecule has 30 heavy (non-hydrogen) atoms. The van der Waals surface area contributed by atoms with Crippen molar-refractivity contribution in [2.45, 2.75) is 51.2 Å². The van der Waals surface area contributed by atoms with E-state index in [4.69, 9.17) is 0 Å². The van der Waals surface area contributed by atoms with E-state index in [-0.39, 0.29) is 22.1 Å². The number of hydrogen-bond donors (Lipinski definition) is 1. The molecular formula is C23H32N2O3S2. The molecule has 5 nitrogen and oxygen atoms in total. The van der Waals surface area contributed by atoms with Crippen LogP contribution in [-0.2, 0) is 14.8 Å². The number of carbonyl (C=O) groups is 1. The molecule has 1 amide bonds. The molecule has 0 unspecified atom stereocenters. The molecule has 0 bridgehead atoms. The predicted octanol–water partition coefficient (Wildman–Crippen LogP) is 4.46. The van der Waals surface area contributed by atoms with Crippen molar-refractivity contribution in [3.05, 3.63) is 59.2 Å². The minimum atomic E-state index is -3.89. The van der Waals surface area contributed by atoms with Gasteiger partial charge in [-0.3, -0.25) is 9.10 Å². The van der Waals surface area contributed by atoms with Gasteiger partial charge in [-0.05, 0) is 56.2 Å². The number of thioether (sulfide) groups is 1. The van der Waals surface area contributed by atoms with Gasteiger partial charge in [-0.15, -0.1) is 0 Å². The maximum Gasteiger partial charge on any atom is 0.264 e. The van der Waals surface area contributed by atoms with Gasteiger partial charge < -0.3 is 5.32 Å². The summed E-state index contributed by atoms with van der Waals surface area (Å²) in [5.74, 6) is 0.447. The second-order valence-corrected chi connectivity index (χ2v) is 12.3. The van der Waals surface area contributed by atoms with Gasteiger partial charge in [0.1, 0.15) is 6.54 Å². The summed E-state index contributed by atoms with van der Waals surface area (Å²) in [6.07, 6.45) is 0. The normalized spacial score (nSPS) is 11.9. The van der Waals surface area contributed by atoms with Gasteiger partial charge in [-0.25, -0.2) is 8.42 Å². The molecule has 0 aliphatic heterocycles. The number of amides is 1. The zero-order chi connectivity index (χ0) is 22.5. The Bertz CT molecular complexity index is 958. The second-order valence-electron chi connectivity index (χ2n) is 8.48. The Kier molecular flexibility index (Phi) is 7.99. The molecule has 0 saturated heterocycles. The first-order chi connectivity index (χ1) is 13.9. The summed E-state index contributed by atoms with van der Waals surface area (Å²) in [5, 5.41) is 2.85. The van der Waals surface area contributed by atoms with Crippen molar-refractivity contribution in [1.82, 2.24) is 5.32 Å². The second kappa shape index (κ2) is 9.88. The smallest absolute Gasteiger partial charge is 0.264 e. The lowest BCUT2D eigenvalue weighted by Gasteiger charge is -2.25. The molecular weight excluding hydrogens is 416 g/mol. The van der Waals surface area contributed by atoms with Crippen LogP contribution in [-0.4, -0.2) is 37.9 Å². The van der Waals surface area contributed by atoms with Crippen LogP contribution in [0.25, 0.3) is 0 Å². The van der Waals surface area contributed by atoms with Gasteiger partial charge in [0.15, 0.2) is 0 Å². The highest BCUT2D eigenvalue weighted by Crippen LogP contribution is 2.26. The van der Waals surface area contributed by atoms with Crippen molar-refractivity contribution in [2.75, 3.05) is 23.1 Å². The molecule has 0 heterocycles. The lowest BCUT2D eigenvalue weighted by Crippen LogP contribution is -2.41. The average Bonchev–Trinajstić information content (AvgIpc) is 2.62. The van der Waals surface area contributed by atoms with Crippen molar-refractivity contribution < 1.29 is 13.2 Å². The monoisotopic (exact) mass is 448 g/mol. The van der Waals surface area contributed by atoms with Gasteiger partial charge in [0.05, 0.1) is 10.6 Å². The van der Waals surface area contributed by atoms with Crippen molar-refractivity contribution in [2.24, 2.45) is 0 Å².